The van der Waals surface area contributed by atoms with E-state index in [0.29, 0.717) is 0 Å². The molecular formula is C22H30N2O4S. The number of carbonyl (C=O) groups is 1. The lowest BCUT2D eigenvalue weighted by molar-refractivity contribution is -0.116. The van der Waals surface area contributed by atoms with E-state index >= 15 is 0 Å². The van der Waals surface area contributed by atoms with Gasteiger partial charge in [0.2, 0.25) is 15.9 Å². The minimum absolute atomic E-state index is 0.0633. The van der Waals surface area contributed by atoms with Crippen molar-refractivity contribution in [2.24, 2.45) is 0 Å². The number of methoxy groups -OCH3 is 1. The molecule has 2 aromatic rings. The molecule has 7 heteroatoms. The number of hydrogen-bond acceptors (Lipinski definition) is 4. The number of rotatable bonds is 8. The van der Waals surface area contributed by atoms with Crippen molar-refractivity contribution in [2.75, 3.05) is 25.5 Å². The Morgan fingerprint density at radius 2 is 1.86 bits per heavy atom. The first kappa shape index (κ1) is 22.9. The maximum absolute atomic E-state index is 13.2. The number of anilines is 1. The number of nitrogens with zero attached hydrogens (tertiary/aromatic N) is 1. The fourth-order valence-corrected chi connectivity index (χ4v) is 4.82. The van der Waals surface area contributed by atoms with Crippen molar-refractivity contribution in [1.29, 1.82) is 0 Å². The number of aryl methyl sites for hydroxylation is 2. The molecule has 0 saturated heterocycles. The maximum Gasteiger partial charge on any atom is 0.247 e. The molecule has 158 valence electrons. The van der Waals surface area contributed by atoms with E-state index in [9.17, 15) is 13.2 Å². The molecule has 0 aliphatic carbocycles. The molecule has 1 N–H and O–H groups in total. The Bertz CT molecular complexity index is 984. The van der Waals surface area contributed by atoms with Gasteiger partial charge in [0.05, 0.1) is 13.7 Å². The van der Waals surface area contributed by atoms with Gasteiger partial charge in [0, 0.05) is 12.2 Å². The second kappa shape index (κ2) is 9.41. The Balaban J connectivity index is 2.31. The van der Waals surface area contributed by atoms with Crippen molar-refractivity contribution in [3.8, 4) is 5.75 Å². The number of ether oxygens (including phenoxy) is 1. The van der Waals surface area contributed by atoms with Crippen molar-refractivity contribution in [1.82, 2.24) is 4.31 Å². The van der Waals surface area contributed by atoms with Crippen LogP contribution in [0.3, 0.4) is 0 Å². The van der Waals surface area contributed by atoms with Crippen molar-refractivity contribution in [2.45, 2.75) is 45.4 Å². The van der Waals surface area contributed by atoms with Crippen LogP contribution in [0.1, 0.15) is 43.4 Å². The van der Waals surface area contributed by atoms with Crippen LogP contribution < -0.4 is 10.1 Å². The van der Waals surface area contributed by atoms with Gasteiger partial charge in [0.15, 0.2) is 0 Å². The second-order valence-electron chi connectivity index (χ2n) is 7.33. The summed E-state index contributed by atoms with van der Waals surface area (Å²) in [6.07, 6.45) is 0. The highest BCUT2D eigenvalue weighted by Gasteiger charge is 2.29. The number of benzene rings is 2. The van der Waals surface area contributed by atoms with Crippen LogP contribution in [0.25, 0.3) is 0 Å². The predicted octanol–water partition coefficient (Wildman–Crippen LogP) is 4.08. The van der Waals surface area contributed by atoms with E-state index in [1.165, 1.54) is 7.11 Å². The lowest BCUT2D eigenvalue weighted by atomic mass is 9.98. The number of para-hydroxylation sites is 1. The molecular weight excluding hydrogens is 388 g/mol. The Morgan fingerprint density at radius 3 is 2.45 bits per heavy atom. The molecule has 29 heavy (non-hydrogen) atoms. The zero-order valence-electron chi connectivity index (χ0n) is 17.9. The average Bonchev–Trinajstić information content (AvgIpc) is 2.67. The van der Waals surface area contributed by atoms with Gasteiger partial charge in [0.25, 0.3) is 0 Å². The molecule has 0 fully saturated rings. The molecule has 0 aromatic heterocycles. The van der Waals surface area contributed by atoms with E-state index in [1.807, 2.05) is 32.0 Å². The van der Waals surface area contributed by atoms with Gasteiger partial charge in [-0.3, -0.25) is 4.79 Å². The van der Waals surface area contributed by atoms with Crippen LogP contribution in [-0.2, 0) is 14.8 Å². The quantitative estimate of drug-likeness (QED) is 0.701. The SMILES string of the molecule is CCN(CC(=O)Nc1c(C)cccc1C(C)C)S(=O)(=O)c1cc(C)ccc1OC. The Labute approximate surface area is 173 Å². The minimum Gasteiger partial charge on any atom is -0.495 e. The van der Waals surface area contributed by atoms with Gasteiger partial charge in [-0.25, -0.2) is 8.42 Å². The normalized spacial score (nSPS) is 11.7. The predicted molar refractivity (Wildman–Crippen MR) is 116 cm³/mol. The van der Waals surface area contributed by atoms with Crippen LogP contribution in [0.15, 0.2) is 41.3 Å². The summed E-state index contributed by atoms with van der Waals surface area (Å²) in [6.45, 7) is 9.44. The Morgan fingerprint density at radius 1 is 1.17 bits per heavy atom. The fourth-order valence-electron chi connectivity index (χ4n) is 3.17. The van der Waals surface area contributed by atoms with Crippen LogP contribution in [0.5, 0.6) is 5.75 Å². The third kappa shape index (κ3) is 5.16. The molecule has 0 saturated carbocycles. The number of nitrogens with one attached hydrogen (secondary N) is 1. The monoisotopic (exact) mass is 418 g/mol. The van der Waals surface area contributed by atoms with E-state index < -0.39 is 10.0 Å². The van der Waals surface area contributed by atoms with Crippen LogP contribution in [0.4, 0.5) is 5.69 Å². The van der Waals surface area contributed by atoms with Gasteiger partial charge in [-0.1, -0.05) is 45.0 Å². The highest BCUT2D eigenvalue weighted by Crippen LogP contribution is 2.29. The molecule has 0 atom stereocenters. The molecule has 0 heterocycles. The highest BCUT2D eigenvalue weighted by atomic mass is 32.2. The highest BCUT2D eigenvalue weighted by molar-refractivity contribution is 7.89. The summed E-state index contributed by atoms with van der Waals surface area (Å²) in [5.74, 6) is 0.112. The lowest BCUT2D eigenvalue weighted by Crippen LogP contribution is -2.38. The molecule has 0 bridgehead atoms. The molecule has 2 aromatic carbocycles. The molecule has 0 aliphatic heterocycles. The minimum atomic E-state index is -3.89. The fraction of sp³-hybridized carbons (Fsp3) is 0.409. The van der Waals surface area contributed by atoms with Gasteiger partial charge >= 0.3 is 0 Å². The average molecular weight is 419 g/mol. The van der Waals surface area contributed by atoms with Gasteiger partial charge < -0.3 is 10.1 Å². The van der Waals surface area contributed by atoms with E-state index in [0.717, 1.165) is 26.7 Å². The van der Waals surface area contributed by atoms with Crippen molar-refractivity contribution in [3.05, 3.63) is 53.1 Å². The topological polar surface area (TPSA) is 75.7 Å². The van der Waals surface area contributed by atoms with Gasteiger partial charge in [-0.15, -0.1) is 0 Å². The summed E-state index contributed by atoms with van der Waals surface area (Å²) in [5, 5.41) is 2.91. The largest absolute Gasteiger partial charge is 0.495 e. The molecule has 1 amide bonds. The van der Waals surface area contributed by atoms with E-state index in [4.69, 9.17) is 4.74 Å². The zero-order chi connectivity index (χ0) is 21.8. The van der Waals surface area contributed by atoms with Crippen LogP contribution in [0.2, 0.25) is 0 Å². The summed E-state index contributed by atoms with van der Waals surface area (Å²) >= 11 is 0. The molecule has 0 radical (unpaired) electrons. The molecule has 6 nitrogen and oxygen atoms in total. The van der Waals surface area contributed by atoms with Crippen molar-refractivity contribution < 1.29 is 17.9 Å². The van der Waals surface area contributed by atoms with E-state index in [2.05, 4.69) is 19.2 Å². The van der Waals surface area contributed by atoms with E-state index in [1.54, 1.807) is 25.1 Å². The van der Waals surface area contributed by atoms with Crippen LogP contribution in [-0.4, -0.2) is 38.8 Å². The van der Waals surface area contributed by atoms with E-state index in [-0.39, 0.29) is 35.6 Å². The molecule has 2 rings (SSSR count). The van der Waals surface area contributed by atoms with Crippen molar-refractivity contribution in [3.63, 3.8) is 0 Å². The Hall–Kier alpha value is -2.38. The summed E-state index contributed by atoms with van der Waals surface area (Å²) in [4.78, 5) is 12.8. The van der Waals surface area contributed by atoms with Crippen molar-refractivity contribution >= 4 is 21.6 Å². The number of hydrogen-bond donors (Lipinski definition) is 1. The zero-order valence-corrected chi connectivity index (χ0v) is 18.8. The number of sulfonamides is 1. The lowest BCUT2D eigenvalue weighted by Gasteiger charge is -2.23. The molecule has 0 aliphatic rings. The smallest absolute Gasteiger partial charge is 0.247 e. The maximum atomic E-state index is 13.2. The van der Waals surface area contributed by atoms with Crippen LogP contribution in [0, 0.1) is 13.8 Å². The summed E-state index contributed by atoms with van der Waals surface area (Å²) in [7, 11) is -2.46. The van der Waals surface area contributed by atoms with Gasteiger partial charge in [-0.05, 0) is 48.6 Å². The van der Waals surface area contributed by atoms with Gasteiger partial charge in [0.1, 0.15) is 10.6 Å². The number of carbonyl (C=O) groups excluding carboxylic acids is 1. The Kier molecular flexibility index (Phi) is 7.43. The first-order valence-electron chi connectivity index (χ1n) is 9.66. The number of amides is 1. The second-order valence-corrected chi connectivity index (χ2v) is 9.23. The number of likely N-dealkylation sites (N-methyl/N-ethyl adjacent to an activating group) is 1. The standard InChI is InChI=1S/C22H30N2O4S/c1-7-24(29(26,27)20-13-16(4)11-12-19(20)28-6)14-21(25)23-22-17(5)9-8-10-18(22)15(2)3/h8-13,15H,7,14H2,1-6H3,(H,23,25). The van der Waals surface area contributed by atoms with Gasteiger partial charge in [-0.2, -0.15) is 4.31 Å². The summed E-state index contributed by atoms with van der Waals surface area (Å²) in [6, 6.07) is 10.8. The third-order valence-electron chi connectivity index (χ3n) is 4.80. The third-order valence-corrected chi connectivity index (χ3v) is 6.74. The first-order valence-corrected chi connectivity index (χ1v) is 11.1. The molecule has 0 unspecified atom stereocenters. The molecule has 0 spiro atoms. The first-order chi connectivity index (χ1) is 13.6. The van der Waals surface area contributed by atoms with Crippen LogP contribution >= 0.6 is 0 Å². The summed E-state index contributed by atoms with van der Waals surface area (Å²) < 4.78 is 32.8. The summed E-state index contributed by atoms with van der Waals surface area (Å²) in [5.41, 5.74) is 3.50.